The van der Waals surface area contributed by atoms with Crippen LogP contribution in [0, 0.1) is 5.82 Å². The Balaban J connectivity index is 2.34. The minimum atomic E-state index is -0.379. The Hall–Kier alpha value is -1.75. The molecule has 5 heteroatoms. The molecule has 2 N–H and O–H groups in total. The molecule has 1 rings (SSSR count). The Morgan fingerprint density at radius 1 is 1.21 bits per heavy atom. The average Bonchev–Trinajstić information content (AvgIpc) is 2.42. The maximum Gasteiger partial charge on any atom is 0.220 e. The molecule has 19 heavy (non-hydrogen) atoms. The zero-order valence-electron chi connectivity index (χ0n) is 11.2. The average molecular weight is 266 g/mol. The molecular formula is C14H19FN2O2. The van der Waals surface area contributed by atoms with Crippen LogP contribution in [0.5, 0.6) is 0 Å². The number of carbonyl (C=O) groups excluding carboxylic acids is 2. The van der Waals surface area contributed by atoms with Gasteiger partial charge in [0.15, 0.2) is 5.78 Å². The molecular weight excluding hydrogens is 247 g/mol. The molecule has 1 amide bonds. The van der Waals surface area contributed by atoms with Gasteiger partial charge in [-0.15, -0.1) is 0 Å². The smallest absolute Gasteiger partial charge is 0.220 e. The van der Waals surface area contributed by atoms with Crippen LogP contribution in [-0.4, -0.2) is 31.3 Å². The van der Waals surface area contributed by atoms with E-state index in [0.29, 0.717) is 12.1 Å². The quantitative estimate of drug-likeness (QED) is 0.736. The van der Waals surface area contributed by atoms with Gasteiger partial charge in [-0.1, -0.05) is 0 Å². The van der Waals surface area contributed by atoms with Gasteiger partial charge in [-0.25, -0.2) is 4.39 Å². The number of benzene rings is 1. The summed E-state index contributed by atoms with van der Waals surface area (Å²) in [4.78, 5) is 23.2. The van der Waals surface area contributed by atoms with Crippen LogP contribution >= 0.6 is 0 Å². The number of hydrogen-bond acceptors (Lipinski definition) is 3. The predicted molar refractivity (Wildman–Crippen MR) is 71.5 cm³/mol. The zero-order valence-corrected chi connectivity index (χ0v) is 11.2. The number of likely N-dealkylation sites (N-methyl/N-ethyl adjacent to an activating group) is 1. The number of Topliss-reactive ketones (excluding diaryl/α,β-unsaturated/α-hetero) is 1. The van der Waals surface area contributed by atoms with Gasteiger partial charge in [-0.05, 0) is 38.2 Å². The van der Waals surface area contributed by atoms with E-state index in [0.717, 1.165) is 0 Å². The normalized spacial score (nSPS) is 11.9. The lowest BCUT2D eigenvalue weighted by molar-refractivity contribution is -0.121. The van der Waals surface area contributed by atoms with Crippen LogP contribution in [0.2, 0.25) is 0 Å². The van der Waals surface area contributed by atoms with Crippen LogP contribution in [0.1, 0.15) is 30.1 Å². The van der Waals surface area contributed by atoms with Crippen LogP contribution in [0.15, 0.2) is 24.3 Å². The second-order valence-electron chi connectivity index (χ2n) is 4.42. The number of hydrogen-bond donors (Lipinski definition) is 2. The molecule has 0 aliphatic carbocycles. The minimum Gasteiger partial charge on any atom is -0.355 e. The summed E-state index contributed by atoms with van der Waals surface area (Å²) in [7, 11) is 1.81. The van der Waals surface area contributed by atoms with Crippen LogP contribution < -0.4 is 10.6 Å². The summed E-state index contributed by atoms with van der Waals surface area (Å²) in [6, 6.07) is 5.53. The first-order valence-corrected chi connectivity index (χ1v) is 6.25. The lowest BCUT2D eigenvalue weighted by atomic mass is 10.1. The lowest BCUT2D eigenvalue weighted by Gasteiger charge is -2.11. The SMILES string of the molecule is CNC(C)CNC(=O)CCC(=O)c1ccc(F)cc1. The predicted octanol–water partition coefficient (Wildman–Crippen LogP) is 1.51. The van der Waals surface area contributed by atoms with Crippen LogP contribution in [0.4, 0.5) is 4.39 Å². The first kappa shape index (κ1) is 15.3. The fraction of sp³-hybridized carbons (Fsp3) is 0.429. The minimum absolute atomic E-state index is 0.130. The molecule has 0 aromatic heterocycles. The lowest BCUT2D eigenvalue weighted by Crippen LogP contribution is -2.37. The molecule has 4 nitrogen and oxygen atoms in total. The summed E-state index contributed by atoms with van der Waals surface area (Å²) < 4.78 is 12.7. The highest BCUT2D eigenvalue weighted by atomic mass is 19.1. The second kappa shape index (κ2) is 7.63. The molecule has 0 aliphatic heterocycles. The number of amides is 1. The highest BCUT2D eigenvalue weighted by molar-refractivity contribution is 5.97. The van der Waals surface area contributed by atoms with Crippen molar-refractivity contribution in [2.75, 3.05) is 13.6 Å². The molecule has 1 aromatic rings. The van der Waals surface area contributed by atoms with E-state index < -0.39 is 0 Å². The number of nitrogens with one attached hydrogen (secondary N) is 2. The summed E-state index contributed by atoms with van der Waals surface area (Å²) in [6.45, 7) is 2.48. The standard InChI is InChI=1S/C14H19FN2O2/c1-10(16-2)9-17-14(19)8-7-13(18)11-3-5-12(15)6-4-11/h3-6,10,16H,7-9H2,1-2H3,(H,17,19). The van der Waals surface area contributed by atoms with Gasteiger partial charge in [0.25, 0.3) is 0 Å². The molecule has 1 unspecified atom stereocenters. The van der Waals surface area contributed by atoms with E-state index in [4.69, 9.17) is 0 Å². The number of carbonyl (C=O) groups is 2. The third-order valence-corrected chi connectivity index (χ3v) is 2.84. The van der Waals surface area contributed by atoms with Crippen molar-refractivity contribution in [2.24, 2.45) is 0 Å². The van der Waals surface area contributed by atoms with E-state index in [1.165, 1.54) is 24.3 Å². The highest BCUT2D eigenvalue weighted by Crippen LogP contribution is 2.07. The van der Waals surface area contributed by atoms with Crippen LogP contribution in [-0.2, 0) is 4.79 Å². The summed E-state index contributed by atoms with van der Waals surface area (Å²) >= 11 is 0. The fourth-order valence-electron chi connectivity index (χ4n) is 1.46. The molecule has 0 fully saturated rings. The third-order valence-electron chi connectivity index (χ3n) is 2.84. The summed E-state index contributed by atoms with van der Waals surface area (Å²) in [6.07, 6.45) is 0.276. The Morgan fingerprint density at radius 3 is 2.42 bits per heavy atom. The maximum absolute atomic E-state index is 12.7. The van der Waals surface area contributed by atoms with Gasteiger partial charge in [0.1, 0.15) is 5.82 Å². The number of halogens is 1. The summed E-state index contributed by atoms with van der Waals surface area (Å²) in [5.41, 5.74) is 0.429. The van der Waals surface area contributed by atoms with Gasteiger partial charge in [-0.2, -0.15) is 0 Å². The van der Waals surface area contributed by atoms with E-state index in [1.807, 2.05) is 14.0 Å². The van der Waals surface area contributed by atoms with Gasteiger partial charge in [0, 0.05) is 31.0 Å². The van der Waals surface area contributed by atoms with Crippen LogP contribution in [0.3, 0.4) is 0 Å². The third kappa shape index (κ3) is 5.61. The molecule has 0 radical (unpaired) electrons. The van der Waals surface area contributed by atoms with Crippen molar-refractivity contribution >= 4 is 11.7 Å². The van der Waals surface area contributed by atoms with Crippen molar-refractivity contribution in [1.82, 2.24) is 10.6 Å². The molecule has 1 atom stereocenters. The van der Waals surface area contributed by atoms with E-state index in [1.54, 1.807) is 0 Å². The summed E-state index contributed by atoms with van der Waals surface area (Å²) in [5, 5.41) is 5.73. The van der Waals surface area contributed by atoms with Gasteiger partial charge in [0.05, 0.1) is 0 Å². The van der Waals surface area contributed by atoms with Gasteiger partial charge in [-0.3, -0.25) is 9.59 Å². The zero-order chi connectivity index (χ0) is 14.3. The van der Waals surface area contributed by atoms with E-state index in [9.17, 15) is 14.0 Å². The second-order valence-corrected chi connectivity index (χ2v) is 4.42. The summed E-state index contributed by atoms with van der Waals surface area (Å²) in [5.74, 6) is -0.690. The first-order valence-electron chi connectivity index (χ1n) is 6.25. The molecule has 0 heterocycles. The van der Waals surface area contributed by atoms with Crippen molar-refractivity contribution in [3.05, 3.63) is 35.6 Å². The van der Waals surface area contributed by atoms with E-state index >= 15 is 0 Å². The Labute approximate surface area is 112 Å². The molecule has 0 saturated heterocycles. The number of rotatable bonds is 7. The van der Waals surface area contributed by atoms with Crippen molar-refractivity contribution in [2.45, 2.75) is 25.8 Å². The van der Waals surface area contributed by atoms with Gasteiger partial charge in [0.2, 0.25) is 5.91 Å². The van der Waals surface area contributed by atoms with Crippen LogP contribution in [0.25, 0.3) is 0 Å². The Morgan fingerprint density at radius 2 is 1.84 bits per heavy atom. The monoisotopic (exact) mass is 266 g/mol. The van der Waals surface area contributed by atoms with Crippen molar-refractivity contribution in [3.8, 4) is 0 Å². The largest absolute Gasteiger partial charge is 0.355 e. The fourth-order valence-corrected chi connectivity index (χ4v) is 1.46. The van der Waals surface area contributed by atoms with Crippen molar-refractivity contribution < 1.29 is 14.0 Å². The molecule has 0 aliphatic rings. The van der Waals surface area contributed by atoms with Crippen molar-refractivity contribution in [1.29, 1.82) is 0 Å². The molecule has 0 bridgehead atoms. The highest BCUT2D eigenvalue weighted by Gasteiger charge is 2.09. The van der Waals surface area contributed by atoms with E-state index in [-0.39, 0.29) is 36.4 Å². The van der Waals surface area contributed by atoms with Gasteiger partial charge < -0.3 is 10.6 Å². The Bertz CT molecular complexity index is 432. The van der Waals surface area contributed by atoms with E-state index in [2.05, 4.69) is 10.6 Å². The maximum atomic E-state index is 12.7. The Kier molecular flexibility index (Phi) is 6.15. The first-order chi connectivity index (χ1) is 9.02. The molecule has 104 valence electrons. The molecule has 0 saturated carbocycles. The number of ketones is 1. The van der Waals surface area contributed by atoms with Gasteiger partial charge >= 0.3 is 0 Å². The van der Waals surface area contributed by atoms with Crippen molar-refractivity contribution in [3.63, 3.8) is 0 Å². The molecule has 0 spiro atoms. The topological polar surface area (TPSA) is 58.2 Å². The molecule has 1 aromatic carbocycles.